The van der Waals surface area contributed by atoms with Gasteiger partial charge in [-0.05, 0) is 19.3 Å². The van der Waals surface area contributed by atoms with Gasteiger partial charge in [0.2, 0.25) is 10.0 Å². The smallest absolute Gasteiger partial charge is 0.211 e. The average Bonchev–Trinajstić information content (AvgIpc) is 2.19. The van der Waals surface area contributed by atoms with Gasteiger partial charge in [-0.3, -0.25) is 0 Å². The maximum Gasteiger partial charge on any atom is 0.227 e. The molecular formula is C10H18N2O2S. The lowest BCUT2D eigenvalue weighted by Crippen LogP contribution is -2.44. The molecule has 1 aliphatic rings. The summed E-state index contributed by atoms with van der Waals surface area (Å²) in [5, 5.41) is 8.49. The van der Waals surface area contributed by atoms with Crippen molar-refractivity contribution in [2.75, 3.05) is 12.3 Å². The van der Waals surface area contributed by atoms with Gasteiger partial charge in [-0.15, -0.1) is 0 Å². The van der Waals surface area contributed by atoms with E-state index < -0.39 is 10.0 Å². The highest BCUT2D eigenvalue weighted by Crippen LogP contribution is 2.23. The largest absolute Gasteiger partial charge is 0.227 e. The molecule has 1 unspecified atom stereocenters. The van der Waals surface area contributed by atoms with Crippen molar-refractivity contribution >= 4 is 10.0 Å². The third-order valence-corrected chi connectivity index (χ3v) is 4.49. The lowest BCUT2D eigenvalue weighted by atomic mass is 10.0. The molecular weight excluding hydrogens is 212 g/mol. The van der Waals surface area contributed by atoms with E-state index in [1.54, 1.807) is 10.4 Å². The number of hydrogen-bond acceptors (Lipinski definition) is 3. The molecule has 0 aromatic rings. The molecule has 0 aromatic heterocycles. The van der Waals surface area contributed by atoms with Crippen molar-refractivity contribution in [1.82, 2.24) is 4.31 Å². The predicted molar refractivity (Wildman–Crippen MR) is 58.7 cm³/mol. The molecule has 15 heavy (non-hydrogen) atoms. The third kappa shape index (κ3) is 3.18. The molecule has 1 aliphatic heterocycles. The Morgan fingerprint density at radius 1 is 1.47 bits per heavy atom. The van der Waals surface area contributed by atoms with Gasteiger partial charge < -0.3 is 0 Å². The molecule has 0 bridgehead atoms. The van der Waals surface area contributed by atoms with Crippen molar-refractivity contribution in [3.63, 3.8) is 0 Å². The Labute approximate surface area is 91.9 Å². The maximum atomic E-state index is 11.8. The summed E-state index contributed by atoms with van der Waals surface area (Å²) in [5.41, 5.74) is 0. The Morgan fingerprint density at radius 3 is 2.80 bits per heavy atom. The quantitative estimate of drug-likeness (QED) is 0.735. The van der Waals surface area contributed by atoms with Crippen LogP contribution in [0.15, 0.2) is 0 Å². The first-order chi connectivity index (χ1) is 7.11. The van der Waals surface area contributed by atoms with Crippen LogP contribution >= 0.6 is 0 Å². The monoisotopic (exact) mass is 230 g/mol. The molecule has 5 heteroatoms. The Bertz CT molecular complexity index is 330. The summed E-state index contributed by atoms with van der Waals surface area (Å²) in [4.78, 5) is 0. The van der Waals surface area contributed by atoms with Gasteiger partial charge in [-0.1, -0.05) is 19.8 Å². The van der Waals surface area contributed by atoms with E-state index in [0.717, 1.165) is 32.1 Å². The van der Waals surface area contributed by atoms with E-state index in [0.29, 0.717) is 6.54 Å². The van der Waals surface area contributed by atoms with Crippen LogP contribution in [0.25, 0.3) is 0 Å². The minimum absolute atomic E-state index is 0.127. The molecule has 1 atom stereocenters. The molecule has 0 amide bonds. The Kier molecular flexibility index (Phi) is 4.55. The minimum Gasteiger partial charge on any atom is -0.211 e. The van der Waals surface area contributed by atoms with Gasteiger partial charge in [0.1, 0.15) is 0 Å². The molecule has 0 spiro atoms. The second kappa shape index (κ2) is 5.47. The fraction of sp³-hybridized carbons (Fsp3) is 0.900. The maximum absolute atomic E-state index is 11.8. The van der Waals surface area contributed by atoms with Crippen molar-refractivity contribution in [2.45, 2.75) is 45.1 Å². The molecule has 86 valence electrons. The number of piperidine rings is 1. The second-order valence-electron chi connectivity index (χ2n) is 3.96. The topological polar surface area (TPSA) is 61.2 Å². The first-order valence-electron chi connectivity index (χ1n) is 5.48. The zero-order valence-electron chi connectivity index (χ0n) is 9.15. The molecule has 1 heterocycles. The third-order valence-electron chi connectivity index (χ3n) is 2.80. The fourth-order valence-corrected chi connectivity index (χ4v) is 3.53. The molecule has 1 saturated heterocycles. The summed E-state index contributed by atoms with van der Waals surface area (Å²) in [5.74, 6) is -0.382. The number of hydrogen-bond donors (Lipinski definition) is 0. The summed E-state index contributed by atoms with van der Waals surface area (Å²) >= 11 is 0. The van der Waals surface area contributed by atoms with Gasteiger partial charge in [0.25, 0.3) is 0 Å². The average molecular weight is 230 g/mol. The molecule has 0 saturated carbocycles. The van der Waals surface area contributed by atoms with E-state index in [-0.39, 0.29) is 11.8 Å². The van der Waals surface area contributed by atoms with E-state index in [1.807, 2.05) is 0 Å². The van der Waals surface area contributed by atoms with E-state index in [2.05, 4.69) is 6.92 Å². The minimum atomic E-state index is -3.33. The van der Waals surface area contributed by atoms with E-state index in [1.165, 1.54) is 0 Å². The van der Waals surface area contributed by atoms with Crippen LogP contribution in [0, 0.1) is 11.3 Å². The van der Waals surface area contributed by atoms with Crippen LogP contribution in [0.2, 0.25) is 0 Å². The molecule has 0 aromatic carbocycles. The molecule has 1 fully saturated rings. The first-order valence-corrected chi connectivity index (χ1v) is 7.09. The Balaban J connectivity index is 2.76. The highest BCUT2D eigenvalue weighted by Gasteiger charge is 2.31. The van der Waals surface area contributed by atoms with Gasteiger partial charge in [-0.2, -0.15) is 9.57 Å². The van der Waals surface area contributed by atoms with Crippen LogP contribution in [-0.2, 0) is 10.0 Å². The van der Waals surface area contributed by atoms with Gasteiger partial charge in [0.15, 0.2) is 5.75 Å². The van der Waals surface area contributed by atoms with Gasteiger partial charge in [-0.25, -0.2) is 8.42 Å². The van der Waals surface area contributed by atoms with Crippen molar-refractivity contribution < 1.29 is 8.42 Å². The normalized spacial score (nSPS) is 23.6. The molecule has 1 rings (SSSR count). The Morgan fingerprint density at radius 2 is 2.20 bits per heavy atom. The molecule has 4 nitrogen and oxygen atoms in total. The van der Waals surface area contributed by atoms with Crippen molar-refractivity contribution in [1.29, 1.82) is 5.26 Å². The number of sulfonamides is 1. The zero-order chi connectivity index (χ0) is 11.3. The molecule has 0 N–H and O–H groups in total. The van der Waals surface area contributed by atoms with Crippen molar-refractivity contribution in [2.24, 2.45) is 0 Å². The van der Waals surface area contributed by atoms with Gasteiger partial charge in [0, 0.05) is 12.6 Å². The van der Waals surface area contributed by atoms with Gasteiger partial charge >= 0.3 is 0 Å². The summed E-state index contributed by atoms with van der Waals surface area (Å²) in [6.07, 6.45) is 4.86. The highest BCUT2D eigenvalue weighted by atomic mass is 32.2. The van der Waals surface area contributed by atoms with Crippen LogP contribution in [0.3, 0.4) is 0 Å². The highest BCUT2D eigenvalue weighted by molar-refractivity contribution is 7.89. The van der Waals surface area contributed by atoms with E-state index in [4.69, 9.17) is 5.26 Å². The lowest BCUT2D eigenvalue weighted by molar-refractivity contribution is 0.240. The predicted octanol–water partition coefficient (Wildman–Crippen LogP) is 1.49. The zero-order valence-corrected chi connectivity index (χ0v) is 9.96. The van der Waals surface area contributed by atoms with Crippen molar-refractivity contribution in [3.05, 3.63) is 0 Å². The number of rotatable bonds is 4. The SMILES string of the molecule is CCCC1CCCCN1S(=O)(=O)CC#N. The molecule has 0 radical (unpaired) electrons. The lowest BCUT2D eigenvalue weighted by Gasteiger charge is -2.33. The first kappa shape index (κ1) is 12.5. The van der Waals surface area contributed by atoms with Crippen LogP contribution in [0.5, 0.6) is 0 Å². The molecule has 0 aliphatic carbocycles. The summed E-state index contributed by atoms with van der Waals surface area (Å²) in [6.45, 7) is 2.65. The van der Waals surface area contributed by atoms with Crippen LogP contribution in [-0.4, -0.2) is 31.1 Å². The standard InChI is InChI=1S/C10H18N2O2S/c1-2-5-10-6-3-4-8-12(10)15(13,14)9-7-11/h10H,2-6,8-9H2,1H3. The number of nitriles is 1. The summed E-state index contributed by atoms with van der Waals surface area (Å²) in [6, 6.07) is 1.87. The van der Waals surface area contributed by atoms with Crippen LogP contribution < -0.4 is 0 Å². The summed E-state index contributed by atoms with van der Waals surface area (Å²) in [7, 11) is -3.33. The van der Waals surface area contributed by atoms with Gasteiger partial charge in [0.05, 0.1) is 6.07 Å². The fourth-order valence-electron chi connectivity index (χ4n) is 2.13. The Hall–Kier alpha value is -0.600. The van der Waals surface area contributed by atoms with E-state index >= 15 is 0 Å². The van der Waals surface area contributed by atoms with Crippen molar-refractivity contribution in [3.8, 4) is 6.07 Å². The van der Waals surface area contributed by atoms with E-state index in [9.17, 15) is 8.42 Å². The van der Waals surface area contributed by atoms with Crippen LogP contribution in [0.1, 0.15) is 39.0 Å². The second-order valence-corrected chi connectivity index (χ2v) is 5.88. The van der Waals surface area contributed by atoms with Crippen LogP contribution in [0.4, 0.5) is 0 Å². The number of nitrogens with zero attached hydrogens (tertiary/aromatic N) is 2. The summed E-state index contributed by atoms with van der Waals surface area (Å²) < 4.78 is 25.1.